The molecule has 10 aliphatic rings. The monoisotopic (exact) mass is 892 g/mol. The van der Waals surface area contributed by atoms with Crippen molar-refractivity contribution in [1.29, 1.82) is 0 Å². The molecule has 0 N–H and O–H groups in total. The largest absolute Gasteiger partial charge is 0.289 e. The van der Waals surface area contributed by atoms with E-state index in [2.05, 4.69) is 88.5 Å². The quantitative estimate of drug-likeness (QED) is 0.165. The van der Waals surface area contributed by atoms with Crippen LogP contribution in [0.25, 0.3) is 0 Å². The maximum absolute atomic E-state index is 5.06. The standard InChI is InChI=1S/C56H52N12/c1-2-54-4-3-53(1)65-37-49-21-41-17-42(22-49)30-58-10-12-62-34-46-20-48-28-52(26-46)40-68-56-6-5-55(7-8-56)67-39-51-25-45(33-61-11-9-57-29-41)19-47(27-51)35-63-15-13-59-31-43-18-44(24-50(23-43)38-66-54)32-60-14-16-64-36-48/h9-40,53-56H,1-8H2. The first-order chi connectivity index (χ1) is 33.6. The van der Waals surface area contributed by atoms with Crippen molar-refractivity contribution in [1.82, 2.24) is 0 Å². The summed E-state index contributed by atoms with van der Waals surface area (Å²) in [5.74, 6) is 0. The van der Waals surface area contributed by atoms with E-state index in [1.165, 1.54) is 0 Å². The number of benzene rings is 4. The molecule has 0 aromatic heterocycles. The molecule has 0 radical (unpaired) electrons. The van der Waals surface area contributed by atoms with Gasteiger partial charge in [0.25, 0.3) is 0 Å². The van der Waals surface area contributed by atoms with Gasteiger partial charge >= 0.3 is 0 Å². The number of hydrogen-bond acceptors (Lipinski definition) is 12. The fraction of sp³-hybridized carbons (Fsp3) is 0.214. The van der Waals surface area contributed by atoms with Crippen molar-refractivity contribution in [2.75, 3.05) is 0 Å². The first-order valence-corrected chi connectivity index (χ1v) is 23.2. The fourth-order valence-electron chi connectivity index (χ4n) is 8.52. The van der Waals surface area contributed by atoms with E-state index >= 15 is 0 Å². The first-order valence-electron chi connectivity index (χ1n) is 23.2. The molecule has 2 aliphatic carbocycles. The van der Waals surface area contributed by atoms with Crippen LogP contribution in [0.15, 0.2) is 182 Å². The number of rotatable bonds is 0. The molecular formula is C56H52N12. The highest BCUT2D eigenvalue weighted by molar-refractivity contribution is 5.95. The summed E-state index contributed by atoms with van der Waals surface area (Å²) in [4.78, 5) is 56.9. The van der Waals surface area contributed by atoms with Gasteiger partial charge in [-0.15, -0.1) is 0 Å². The smallest absolute Gasteiger partial charge is 0.0501 e. The Balaban J connectivity index is 1.17. The Morgan fingerprint density at radius 2 is 0.324 bits per heavy atom. The fourth-order valence-corrected chi connectivity index (χ4v) is 8.52. The summed E-state index contributed by atoms with van der Waals surface area (Å²) in [5, 5.41) is 0. The summed E-state index contributed by atoms with van der Waals surface area (Å²) in [6.07, 6.45) is 43.6. The molecule has 8 heterocycles. The molecule has 12 nitrogen and oxygen atoms in total. The molecular weight excluding hydrogens is 841 g/mol. The predicted molar refractivity (Wildman–Crippen MR) is 286 cm³/mol. The van der Waals surface area contributed by atoms with Crippen molar-refractivity contribution in [3.8, 4) is 0 Å². The zero-order valence-electron chi connectivity index (χ0n) is 37.8. The zero-order chi connectivity index (χ0) is 46.0. The minimum absolute atomic E-state index is 0.214. The van der Waals surface area contributed by atoms with Crippen LogP contribution < -0.4 is 0 Å². The second-order valence-corrected chi connectivity index (χ2v) is 17.2. The molecule has 0 unspecified atom stereocenters. The molecule has 14 rings (SSSR count). The van der Waals surface area contributed by atoms with E-state index in [1.54, 1.807) is 49.6 Å². The second-order valence-electron chi connectivity index (χ2n) is 17.2. The van der Waals surface area contributed by atoms with Gasteiger partial charge in [-0.3, -0.25) is 59.9 Å². The lowest BCUT2D eigenvalue weighted by atomic mass is 9.92. The molecule has 0 spiro atoms. The first kappa shape index (κ1) is 45.1. The number of nitrogens with zero attached hydrogens (tertiary/aromatic N) is 12. The van der Waals surface area contributed by atoms with Crippen LogP contribution in [0.5, 0.6) is 0 Å². The average Bonchev–Trinajstić information content (AvgIpc) is 3.35. The maximum Gasteiger partial charge on any atom is 0.0501 e. The second kappa shape index (κ2) is 23.4. The highest BCUT2D eigenvalue weighted by atomic mass is 14.8. The summed E-state index contributed by atoms with van der Waals surface area (Å²) in [6.45, 7) is 0. The van der Waals surface area contributed by atoms with E-state index in [4.69, 9.17) is 20.0 Å². The van der Waals surface area contributed by atoms with Gasteiger partial charge in [-0.25, -0.2) is 0 Å². The van der Waals surface area contributed by atoms with Gasteiger partial charge in [-0.05, 0) is 191 Å². The van der Waals surface area contributed by atoms with E-state index in [1.807, 2.05) is 98.8 Å². The zero-order valence-corrected chi connectivity index (χ0v) is 37.8. The molecule has 4 aromatic carbocycles. The molecule has 16 bridgehead atoms. The third kappa shape index (κ3) is 13.9. The van der Waals surface area contributed by atoms with E-state index in [9.17, 15) is 0 Å². The van der Waals surface area contributed by atoms with Crippen molar-refractivity contribution in [2.45, 2.75) is 75.5 Å². The molecule has 0 atom stereocenters. The van der Waals surface area contributed by atoms with Gasteiger partial charge in [0.2, 0.25) is 0 Å². The van der Waals surface area contributed by atoms with E-state index in [0.29, 0.717) is 0 Å². The lowest BCUT2D eigenvalue weighted by molar-refractivity contribution is 0.399. The molecule has 0 amide bonds. The summed E-state index contributed by atoms with van der Waals surface area (Å²) >= 11 is 0. The van der Waals surface area contributed by atoms with Gasteiger partial charge in [-0.2, -0.15) is 0 Å². The Bertz CT molecular complexity index is 2400. The molecule has 12 heteroatoms. The van der Waals surface area contributed by atoms with Gasteiger partial charge in [0.05, 0.1) is 24.2 Å². The Labute approximate surface area is 397 Å². The minimum atomic E-state index is 0.214. The number of hydrogen-bond donors (Lipinski definition) is 0. The van der Waals surface area contributed by atoms with Crippen molar-refractivity contribution in [2.24, 2.45) is 59.9 Å². The van der Waals surface area contributed by atoms with Crippen molar-refractivity contribution in [3.05, 3.63) is 189 Å². The molecule has 0 saturated heterocycles. The van der Waals surface area contributed by atoms with Gasteiger partial charge in [-0.1, -0.05) is 0 Å². The SMILES string of the molecule is C1=CN=Cc2cc3cc(c2)C=NC2CCC(CC2)N=Cc2cc4cc(c2)C=NC=CN=Cc2cc(cc(c2)C=NC2CCC(CC2)N=Cc2cc(cc(c2)C=NC=CN=C4)C=N1)C=NC=CN=C3. The van der Waals surface area contributed by atoms with Crippen LogP contribution in [0.4, 0.5) is 0 Å². The van der Waals surface area contributed by atoms with Gasteiger partial charge in [0.15, 0.2) is 0 Å². The van der Waals surface area contributed by atoms with Crippen LogP contribution >= 0.6 is 0 Å². The molecule has 68 heavy (non-hydrogen) atoms. The Kier molecular flexibility index (Phi) is 15.5. The normalized spacial score (nSPS) is 21.3. The van der Waals surface area contributed by atoms with E-state index in [-0.39, 0.29) is 24.2 Å². The molecule has 2 saturated carbocycles. The molecule has 336 valence electrons. The van der Waals surface area contributed by atoms with Gasteiger partial charge in [0, 0.05) is 124 Å². The number of aliphatic imine (C=N–C) groups is 12. The molecule has 2 fully saturated rings. The Morgan fingerprint density at radius 1 is 0.191 bits per heavy atom. The molecule has 8 aliphatic heterocycles. The van der Waals surface area contributed by atoms with Gasteiger partial charge in [0.1, 0.15) is 0 Å². The summed E-state index contributed by atoms with van der Waals surface area (Å²) in [6, 6.07) is 25.7. The summed E-state index contributed by atoms with van der Waals surface area (Å²) in [7, 11) is 0. The van der Waals surface area contributed by atoms with Crippen molar-refractivity contribution < 1.29 is 0 Å². The van der Waals surface area contributed by atoms with Gasteiger partial charge < -0.3 is 0 Å². The third-order valence-electron chi connectivity index (χ3n) is 11.8. The lowest BCUT2D eigenvalue weighted by Gasteiger charge is -2.23. The Morgan fingerprint density at radius 3 is 0.471 bits per heavy atom. The summed E-state index contributed by atoms with van der Waals surface area (Å²) < 4.78 is 0. The van der Waals surface area contributed by atoms with Crippen LogP contribution in [0, 0.1) is 0 Å². The van der Waals surface area contributed by atoms with Crippen LogP contribution in [0.2, 0.25) is 0 Å². The van der Waals surface area contributed by atoms with Crippen LogP contribution in [-0.4, -0.2) is 98.7 Å². The third-order valence-corrected chi connectivity index (χ3v) is 11.8. The van der Waals surface area contributed by atoms with Crippen LogP contribution in [0.3, 0.4) is 0 Å². The topological polar surface area (TPSA) is 148 Å². The van der Waals surface area contributed by atoms with Crippen LogP contribution in [-0.2, 0) is 0 Å². The van der Waals surface area contributed by atoms with Crippen LogP contribution in [0.1, 0.15) is 118 Å². The molecule has 4 aromatic rings. The van der Waals surface area contributed by atoms with E-state index < -0.39 is 0 Å². The highest BCUT2D eigenvalue weighted by Crippen LogP contribution is 2.25. The average molecular weight is 893 g/mol. The summed E-state index contributed by atoms with van der Waals surface area (Å²) in [5.41, 5.74) is 11.2. The predicted octanol–water partition coefficient (Wildman–Crippen LogP) is 10.4. The lowest BCUT2D eigenvalue weighted by Crippen LogP contribution is -2.20. The minimum Gasteiger partial charge on any atom is -0.289 e. The highest BCUT2D eigenvalue weighted by Gasteiger charge is 2.20. The van der Waals surface area contributed by atoms with E-state index in [0.717, 1.165) is 118 Å². The Hall–Kier alpha value is -8.12. The maximum atomic E-state index is 5.06. The van der Waals surface area contributed by atoms with Crippen molar-refractivity contribution in [3.63, 3.8) is 0 Å². The van der Waals surface area contributed by atoms with Crippen molar-refractivity contribution >= 4 is 74.6 Å².